The summed E-state index contributed by atoms with van der Waals surface area (Å²) in [5.74, 6) is -0.573. The van der Waals surface area contributed by atoms with Gasteiger partial charge in [0.05, 0.1) is 11.4 Å². The molecule has 8 heteroatoms. The summed E-state index contributed by atoms with van der Waals surface area (Å²) in [5.41, 5.74) is 3.63. The summed E-state index contributed by atoms with van der Waals surface area (Å²) in [6.45, 7) is 1.97. The first-order valence-corrected chi connectivity index (χ1v) is 11.3. The lowest BCUT2D eigenvalue weighted by Gasteiger charge is -2.12. The molecule has 2 heterocycles. The van der Waals surface area contributed by atoms with Crippen molar-refractivity contribution in [1.29, 1.82) is 0 Å². The van der Waals surface area contributed by atoms with Gasteiger partial charge in [-0.05, 0) is 49.4 Å². The van der Waals surface area contributed by atoms with E-state index in [0.717, 1.165) is 28.2 Å². The summed E-state index contributed by atoms with van der Waals surface area (Å²) >= 11 is 1.15. The number of benzene rings is 3. The van der Waals surface area contributed by atoms with E-state index in [1.165, 1.54) is 28.8 Å². The number of halogens is 1. The normalized spacial score (nSPS) is 11.2. The van der Waals surface area contributed by atoms with E-state index in [0.29, 0.717) is 27.6 Å². The molecule has 2 N–H and O–H groups in total. The second kappa shape index (κ2) is 8.55. The molecule has 0 radical (unpaired) electrons. The predicted octanol–water partition coefficient (Wildman–Crippen LogP) is 5.05. The summed E-state index contributed by atoms with van der Waals surface area (Å²) < 4.78 is 14.9. The van der Waals surface area contributed by atoms with Crippen LogP contribution in [-0.4, -0.2) is 26.2 Å². The van der Waals surface area contributed by atoms with Gasteiger partial charge in [-0.25, -0.2) is 9.37 Å². The number of fused-ring (bicyclic) bond motifs is 3. The first kappa shape index (κ1) is 21.0. The van der Waals surface area contributed by atoms with Crippen LogP contribution in [0.3, 0.4) is 0 Å². The maximum absolute atomic E-state index is 13.5. The molecule has 5 rings (SSSR count). The van der Waals surface area contributed by atoms with Gasteiger partial charge in [0.25, 0.3) is 5.56 Å². The third-order valence-corrected chi connectivity index (χ3v) is 6.19. The summed E-state index contributed by atoms with van der Waals surface area (Å²) in [6.07, 6.45) is 0. The number of amides is 1. The lowest BCUT2D eigenvalue weighted by Crippen LogP contribution is -2.23. The molecule has 33 heavy (non-hydrogen) atoms. The SMILES string of the molecule is Cc1ccc(NC(=O)CSc2nc3c([nH]c4ccccc43)c(=O)n2-c2ccc(F)cc2)cc1. The number of para-hydroxylation sites is 1. The Morgan fingerprint density at radius 1 is 1.06 bits per heavy atom. The van der Waals surface area contributed by atoms with Crippen LogP contribution < -0.4 is 10.9 Å². The van der Waals surface area contributed by atoms with Crippen LogP contribution in [0.2, 0.25) is 0 Å². The van der Waals surface area contributed by atoms with Crippen LogP contribution in [0, 0.1) is 12.7 Å². The molecule has 164 valence electrons. The number of hydrogen-bond acceptors (Lipinski definition) is 4. The summed E-state index contributed by atoms with van der Waals surface area (Å²) in [5, 5.41) is 4.02. The minimum absolute atomic E-state index is 0.0510. The summed E-state index contributed by atoms with van der Waals surface area (Å²) in [4.78, 5) is 33.9. The number of nitrogens with zero attached hydrogens (tertiary/aromatic N) is 2. The number of rotatable bonds is 5. The van der Waals surface area contributed by atoms with Crippen LogP contribution in [0.4, 0.5) is 10.1 Å². The average molecular weight is 459 g/mol. The van der Waals surface area contributed by atoms with E-state index in [4.69, 9.17) is 4.98 Å². The van der Waals surface area contributed by atoms with Gasteiger partial charge in [-0.3, -0.25) is 14.2 Å². The van der Waals surface area contributed by atoms with Crippen molar-refractivity contribution in [1.82, 2.24) is 14.5 Å². The zero-order valence-corrected chi connectivity index (χ0v) is 18.4. The van der Waals surface area contributed by atoms with Gasteiger partial charge in [-0.15, -0.1) is 0 Å². The number of aromatic nitrogens is 3. The minimum atomic E-state index is -0.405. The van der Waals surface area contributed by atoms with E-state index in [2.05, 4.69) is 10.3 Å². The molecule has 1 amide bonds. The number of carbonyl (C=O) groups excluding carboxylic acids is 1. The van der Waals surface area contributed by atoms with Gasteiger partial charge >= 0.3 is 0 Å². The molecule has 0 aliphatic rings. The molecule has 0 spiro atoms. The molecule has 0 bridgehead atoms. The van der Waals surface area contributed by atoms with Crippen molar-refractivity contribution in [2.24, 2.45) is 0 Å². The molecule has 0 fully saturated rings. The van der Waals surface area contributed by atoms with E-state index in [9.17, 15) is 14.0 Å². The monoisotopic (exact) mass is 458 g/mol. The molecule has 2 aromatic heterocycles. The molecular formula is C25H19FN4O2S. The molecule has 6 nitrogen and oxygen atoms in total. The van der Waals surface area contributed by atoms with Gasteiger partial charge in [0.2, 0.25) is 5.91 Å². The van der Waals surface area contributed by atoms with Crippen molar-refractivity contribution in [3.05, 3.63) is 94.5 Å². The highest BCUT2D eigenvalue weighted by Gasteiger charge is 2.18. The molecule has 0 atom stereocenters. The molecule has 0 saturated heterocycles. The van der Waals surface area contributed by atoms with E-state index in [-0.39, 0.29) is 17.2 Å². The zero-order valence-electron chi connectivity index (χ0n) is 17.6. The van der Waals surface area contributed by atoms with Gasteiger partial charge in [0.15, 0.2) is 5.16 Å². The van der Waals surface area contributed by atoms with Crippen molar-refractivity contribution in [2.75, 3.05) is 11.1 Å². The fraction of sp³-hybridized carbons (Fsp3) is 0.0800. The highest BCUT2D eigenvalue weighted by molar-refractivity contribution is 7.99. The zero-order chi connectivity index (χ0) is 22.9. The third-order valence-electron chi connectivity index (χ3n) is 5.25. The number of carbonyl (C=O) groups is 1. The van der Waals surface area contributed by atoms with E-state index in [1.807, 2.05) is 55.5 Å². The van der Waals surface area contributed by atoms with E-state index < -0.39 is 5.82 Å². The maximum Gasteiger partial charge on any atom is 0.283 e. The smallest absolute Gasteiger partial charge is 0.283 e. The molecule has 0 unspecified atom stereocenters. The van der Waals surface area contributed by atoms with Gasteiger partial charge in [0, 0.05) is 16.6 Å². The highest BCUT2D eigenvalue weighted by atomic mass is 32.2. The van der Waals surface area contributed by atoms with E-state index in [1.54, 1.807) is 0 Å². The lowest BCUT2D eigenvalue weighted by molar-refractivity contribution is -0.113. The Kier molecular flexibility index (Phi) is 5.43. The molecule has 0 saturated carbocycles. The van der Waals surface area contributed by atoms with Crippen LogP contribution in [0.25, 0.3) is 27.6 Å². The van der Waals surface area contributed by atoms with Crippen molar-refractivity contribution < 1.29 is 9.18 Å². The van der Waals surface area contributed by atoms with Crippen molar-refractivity contribution >= 4 is 45.3 Å². The first-order chi connectivity index (χ1) is 16.0. The lowest BCUT2D eigenvalue weighted by atomic mass is 10.2. The Bertz CT molecular complexity index is 1540. The van der Waals surface area contributed by atoms with Crippen molar-refractivity contribution in [3.63, 3.8) is 0 Å². The standard InChI is InChI=1S/C25H19FN4O2S/c1-15-6-10-17(11-7-15)27-21(31)14-33-25-29-22-19-4-2-3-5-20(19)28-23(22)24(32)30(25)18-12-8-16(26)9-13-18/h2-13,28H,14H2,1H3,(H,27,31). The largest absolute Gasteiger partial charge is 0.349 e. The summed E-state index contributed by atoms with van der Waals surface area (Å²) in [6, 6.07) is 20.6. The Labute approximate surface area is 192 Å². The topological polar surface area (TPSA) is 79.8 Å². The minimum Gasteiger partial charge on any atom is -0.349 e. The number of anilines is 1. The first-order valence-electron chi connectivity index (χ1n) is 10.3. The van der Waals surface area contributed by atoms with Crippen LogP contribution in [0.15, 0.2) is 82.7 Å². The van der Waals surface area contributed by atoms with Crippen LogP contribution >= 0.6 is 11.8 Å². The van der Waals surface area contributed by atoms with Crippen molar-refractivity contribution in [3.8, 4) is 5.69 Å². The fourth-order valence-corrected chi connectivity index (χ4v) is 4.43. The predicted molar refractivity (Wildman–Crippen MR) is 130 cm³/mol. The second-order valence-electron chi connectivity index (χ2n) is 7.61. The number of hydrogen-bond donors (Lipinski definition) is 2. The third kappa shape index (κ3) is 4.12. The Hall–Kier alpha value is -3.91. The van der Waals surface area contributed by atoms with Gasteiger partial charge in [-0.1, -0.05) is 47.7 Å². The van der Waals surface area contributed by atoms with Crippen molar-refractivity contribution in [2.45, 2.75) is 12.1 Å². The molecule has 3 aromatic carbocycles. The van der Waals surface area contributed by atoms with Gasteiger partial charge in [0.1, 0.15) is 16.9 Å². The van der Waals surface area contributed by atoms with Crippen LogP contribution in [0.1, 0.15) is 5.56 Å². The highest BCUT2D eigenvalue weighted by Crippen LogP contribution is 2.26. The molecule has 5 aromatic rings. The van der Waals surface area contributed by atoms with Crippen LogP contribution in [-0.2, 0) is 4.79 Å². The molecule has 0 aliphatic heterocycles. The Balaban J connectivity index is 1.55. The van der Waals surface area contributed by atoms with Gasteiger partial charge < -0.3 is 10.3 Å². The van der Waals surface area contributed by atoms with Crippen LogP contribution in [0.5, 0.6) is 0 Å². The second-order valence-corrected chi connectivity index (χ2v) is 8.55. The number of thioether (sulfide) groups is 1. The van der Waals surface area contributed by atoms with E-state index >= 15 is 0 Å². The molecule has 0 aliphatic carbocycles. The number of nitrogens with one attached hydrogen (secondary N) is 2. The Morgan fingerprint density at radius 2 is 1.79 bits per heavy atom. The summed E-state index contributed by atoms with van der Waals surface area (Å²) in [7, 11) is 0. The fourth-order valence-electron chi connectivity index (χ4n) is 3.62. The number of aryl methyl sites for hydroxylation is 1. The maximum atomic E-state index is 13.5. The number of aromatic amines is 1. The quantitative estimate of drug-likeness (QED) is 0.286. The average Bonchev–Trinajstić information content (AvgIpc) is 3.19. The Morgan fingerprint density at radius 3 is 2.55 bits per heavy atom. The number of H-pyrrole nitrogens is 1. The van der Waals surface area contributed by atoms with Gasteiger partial charge in [-0.2, -0.15) is 0 Å². The molecular weight excluding hydrogens is 439 g/mol.